The van der Waals surface area contributed by atoms with Crippen LogP contribution in [0.15, 0.2) is 41.9 Å². The lowest BCUT2D eigenvalue weighted by Crippen LogP contribution is -2.29. The molecule has 23 heavy (non-hydrogen) atoms. The maximum absolute atomic E-state index is 13.4. The minimum absolute atomic E-state index is 0.0767. The van der Waals surface area contributed by atoms with E-state index in [1.54, 1.807) is 10.9 Å². The second-order valence-corrected chi connectivity index (χ2v) is 5.44. The van der Waals surface area contributed by atoms with Crippen LogP contribution in [0.1, 0.15) is 5.69 Å². The number of para-hydroxylation sites is 1. The summed E-state index contributed by atoms with van der Waals surface area (Å²) in [5.74, 6) is -1.69. The Morgan fingerprint density at radius 3 is 2.70 bits per heavy atom. The molecule has 0 unspecified atom stereocenters. The average molecular weight is 335 g/mol. The van der Waals surface area contributed by atoms with Crippen molar-refractivity contribution in [3.8, 4) is 5.00 Å². The van der Waals surface area contributed by atoms with Crippen molar-refractivity contribution in [3.05, 3.63) is 59.2 Å². The van der Waals surface area contributed by atoms with Crippen LogP contribution in [0.2, 0.25) is 0 Å². The Kier molecular flexibility index (Phi) is 4.29. The smallest absolute Gasteiger partial charge is 0.319 e. The van der Waals surface area contributed by atoms with Crippen LogP contribution in [0.5, 0.6) is 0 Å². The van der Waals surface area contributed by atoms with Gasteiger partial charge in [-0.25, -0.2) is 18.3 Å². The maximum atomic E-state index is 13.4. The van der Waals surface area contributed by atoms with E-state index in [4.69, 9.17) is 0 Å². The molecule has 0 spiro atoms. The van der Waals surface area contributed by atoms with Gasteiger partial charge in [0.25, 0.3) is 0 Å². The number of carbonyl (C=O) groups excluding carboxylic acids is 1. The Hall–Kier alpha value is -2.81. The molecular formula is C14H11F2N5OS. The number of hydrogen-bond donors (Lipinski definition) is 2. The van der Waals surface area contributed by atoms with Crippen molar-refractivity contribution < 1.29 is 13.6 Å². The molecule has 2 heterocycles. The number of carbonyl (C=O) groups is 1. The van der Waals surface area contributed by atoms with Gasteiger partial charge in [-0.2, -0.15) is 0 Å². The zero-order valence-electron chi connectivity index (χ0n) is 11.7. The number of anilines is 1. The van der Waals surface area contributed by atoms with Gasteiger partial charge >= 0.3 is 6.03 Å². The minimum Gasteiger partial charge on any atom is -0.332 e. The molecule has 1 aromatic carbocycles. The molecule has 0 saturated carbocycles. The topological polar surface area (TPSA) is 71.8 Å². The van der Waals surface area contributed by atoms with E-state index in [-0.39, 0.29) is 6.54 Å². The molecule has 0 aliphatic carbocycles. The summed E-state index contributed by atoms with van der Waals surface area (Å²) >= 11 is 1.50. The van der Waals surface area contributed by atoms with Gasteiger partial charge in [-0.1, -0.05) is 11.3 Å². The van der Waals surface area contributed by atoms with Crippen molar-refractivity contribution in [3.63, 3.8) is 0 Å². The van der Waals surface area contributed by atoms with E-state index < -0.39 is 23.4 Å². The van der Waals surface area contributed by atoms with Crippen molar-refractivity contribution in [2.24, 2.45) is 0 Å². The fourth-order valence-corrected chi connectivity index (χ4v) is 2.48. The van der Waals surface area contributed by atoms with Gasteiger partial charge in [-0.3, -0.25) is 0 Å². The summed E-state index contributed by atoms with van der Waals surface area (Å²) in [5.41, 5.74) is 0.0230. The predicted molar refractivity (Wildman–Crippen MR) is 81.5 cm³/mol. The van der Waals surface area contributed by atoms with Gasteiger partial charge < -0.3 is 10.6 Å². The SMILES string of the molecule is O=C(NCc1cn(-c2cccs2)nn1)Nc1c(F)cccc1F. The highest BCUT2D eigenvalue weighted by atomic mass is 32.1. The molecule has 0 saturated heterocycles. The summed E-state index contributed by atoms with van der Waals surface area (Å²) in [7, 11) is 0. The zero-order valence-corrected chi connectivity index (χ0v) is 12.5. The van der Waals surface area contributed by atoms with E-state index in [0.717, 1.165) is 17.1 Å². The first kappa shape index (κ1) is 15.1. The van der Waals surface area contributed by atoms with Crippen LogP contribution in [0.4, 0.5) is 19.3 Å². The molecule has 0 radical (unpaired) electrons. The molecular weight excluding hydrogens is 324 g/mol. The monoisotopic (exact) mass is 335 g/mol. The molecule has 2 aromatic heterocycles. The molecule has 0 atom stereocenters. The normalized spacial score (nSPS) is 10.5. The van der Waals surface area contributed by atoms with Gasteiger partial charge in [0.1, 0.15) is 28.0 Å². The molecule has 3 aromatic rings. The first-order chi connectivity index (χ1) is 11.1. The van der Waals surface area contributed by atoms with Crippen LogP contribution in [0, 0.1) is 11.6 Å². The van der Waals surface area contributed by atoms with Gasteiger partial charge in [0, 0.05) is 0 Å². The van der Waals surface area contributed by atoms with Gasteiger partial charge in [-0.15, -0.1) is 16.4 Å². The molecule has 2 amide bonds. The number of nitrogens with one attached hydrogen (secondary N) is 2. The summed E-state index contributed by atoms with van der Waals surface area (Å²) in [6, 6.07) is 6.37. The van der Waals surface area contributed by atoms with E-state index >= 15 is 0 Å². The van der Waals surface area contributed by atoms with Crippen molar-refractivity contribution in [1.29, 1.82) is 0 Å². The lowest BCUT2D eigenvalue weighted by Gasteiger charge is -2.08. The van der Waals surface area contributed by atoms with E-state index in [1.807, 2.05) is 17.5 Å². The molecule has 2 N–H and O–H groups in total. The first-order valence-electron chi connectivity index (χ1n) is 6.57. The lowest BCUT2D eigenvalue weighted by atomic mass is 10.3. The molecule has 3 rings (SSSR count). The van der Waals surface area contributed by atoms with Gasteiger partial charge in [0.05, 0.1) is 12.7 Å². The number of urea groups is 1. The number of benzene rings is 1. The second kappa shape index (κ2) is 6.53. The molecule has 0 fully saturated rings. The van der Waals surface area contributed by atoms with Gasteiger partial charge in [0.15, 0.2) is 0 Å². The van der Waals surface area contributed by atoms with Crippen LogP contribution in [-0.4, -0.2) is 21.0 Å². The second-order valence-electron chi connectivity index (χ2n) is 4.51. The molecule has 9 heteroatoms. The number of thiophene rings is 1. The highest BCUT2D eigenvalue weighted by molar-refractivity contribution is 7.12. The highest BCUT2D eigenvalue weighted by Crippen LogP contribution is 2.17. The number of nitrogens with zero attached hydrogens (tertiary/aromatic N) is 3. The minimum atomic E-state index is -0.844. The van der Waals surface area contributed by atoms with E-state index in [0.29, 0.717) is 5.69 Å². The lowest BCUT2D eigenvalue weighted by molar-refractivity contribution is 0.251. The Bertz CT molecular complexity index is 798. The fraction of sp³-hybridized carbons (Fsp3) is 0.0714. The number of amides is 2. The third-order valence-electron chi connectivity index (χ3n) is 2.90. The summed E-state index contributed by atoms with van der Waals surface area (Å²) < 4.78 is 28.4. The molecule has 6 nitrogen and oxygen atoms in total. The number of rotatable bonds is 4. The van der Waals surface area contributed by atoms with Crippen LogP contribution >= 0.6 is 11.3 Å². The maximum Gasteiger partial charge on any atom is 0.319 e. The predicted octanol–water partition coefficient (Wildman–Crippen LogP) is 2.93. The summed E-state index contributed by atoms with van der Waals surface area (Å²) in [5, 5.41) is 15.2. The highest BCUT2D eigenvalue weighted by Gasteiger charge is 2.12. The number of halogens is 2. The summed E-state index contributed by atoms with van der Waals surface area (Å²) in [6.07, 6.45) is 1.66. The number of hydrogen-bond acceptors (Lipinski definition) is 4. The average Bonchev–Trinajstić information content (AvgIpc) is 3.19. The van der Waals surface area contributed by atoms with Crippen molar-refractivity contribution in [2.45, 2.75) is 6.54 Å². The Balaban J connectivity index is 1.59. The van der Waals surface area contributed by atoms with Crippen LogP contribution < -0.4 is 10.6 Å². The van der Waals surface area contributed by atoms with Crippen LogP contribution in [0.25, 0.3) is 5.00 Å². The molecule has 0 bridgehead atoms. The largest absolute Gasteiger partial charge is 0.332 e. The Labute approximate surface area is 133 Å². The summed E-state index contributed by atoms with van der Waals surface area (Å²) in [4.78, 5) is 11.7. The zero-order chi connectivity index (χ0) is 16.2. The van der Waals surface area contributed by atoms with E-state index in [9.17, 15) is 13.6 Å². The third-order valence-corrected chi connectivity index (χ3v) is 3.76. The molecule has 0 aliphatic heterocycles. The number of aromatic nitrogens is 3. The van der Waals surface area contributed by atoms with Gasteiger partial charge in [-0.05, 0) is 29.6 Å². The van der Waals surface area contributed by atoms with Crippen LogP contribution in [0.3, 0.4) is 0 Å². The standard InChI is InChI=1S/C14H11F2N5OS/c15-10-3-1-4-11(16)13(10)18-14(22)17-7-9-8-21(20-19-9)12-5-2-6-23-12/h1-6,8H,7H2,(H2,17,18,22). The van der Waals surface area contributed by atoms with Crippen LogP contribution in [-0.2, 0) is 6.54 Å². The Morgan fingerprint density at radius 1 is 1.22 bits per heavy atom. The third kappa shape index (κ3) is 3.51. The summed E-state index contributed by atoms with van der Waals surface area (Å²) in [6.45, 7) is 0.0767. The first-order valence-corrected chi connectivity index (χ1v) is 7.45. The molecule has 0 aliphatic rings. The van der Waals surface area contributed by atoms with E-state index in [1.165, 1.54) is 17.4 Å². The Morgan fingerprint density at radius 2 is 2.00 bits per heavy atom. The van der Waals surface area contributed by atoms with Crippen molar-refractivity contribution in [2.75, 3.05) is 5.32 Å². The van der Waals surface area contributed by atoms with E-state index in [2.05, 4.69) is 20.9 Å². The van der Waals surface area contributed by atoms with Crippen molar-refractivity contribution >= 4 is 23.1 Å². The van der Waals surface area contributed by atoms with Gasteiger partial charge in [0.2, 0.25) is 0 Å². The van der Waals surface area contributed by atoms with Crippen molar-refractivity contribution in [1.82, 2.24) is 20.3 Å². The fourth-order valence-electron chi connectivity index (χ4n) is 1.83. The quantitative estimate of drug-likeness (QED) is 0.770. The molecule has 118 valence electrons.